The van der Waals surface area contributed by atoms with Gasteiger partial charge in [-0.2, -0.15) is 0 Å². The molecule has 0 spiro atoms. The van der Waals surface area contributed by atoms with Gasteiger partial charge in [0.15, 0.2) is 16.3 Å². The van der Waals surface area contributed by atoms with E-state index in [1.165, 1.54) is 0 Å². The molecular formula is C16H11IN2O3S. The number of rotatable bonds is 2. The quantitative estimate of drug-likeness (QED) is 0.492. The van der Waals surface area contributed by atoms with Gasteiger partial charge in [-0.3, -0.25) is 9.36 Å². The summed E-state index contributed by atoms with van der Waals surface area (Å²) in [7, 11) is 0. The van der Waals surface area contributed by atoms with Crippen LogP contribution in [0, 0.1) is 8.34 Å². The Morgan fingerprint density at radius 3 is 2.87 bits per heavy atom. The maximum atomic E-state index is 12.8. The maximum Gasteiger partial charge on any atom is 0.262 e. The third-order valence-electron chi connectivity index (χ3n) is 3.72. The van der Waals surface area contributed by atoms with Crippen molar-refractivity contribution >= 4 is 45.7 Å². The number of nitrogens with zero attached hydrogens (tertiary/aromatic N) is 1. The Labute approximate surface area is 150 Å². The van der Waals surface area contributed by atoms with Gasteiger partial charge in [-0.05, 0) is 70.7 Å². The number of fused-ring (bicyclic) bond motifs is 2. The molecule has 1 aliphatic rings. The number of hydrogen-bond donors (Lipinski definition) is 1. The van der Waals surface area contributed by atoms with Crippen molar-refractivity contribution in [3.8, 4) is 11.5 Å². The zero-order valence-electron chi connectivity index (χ0n) is 11.8. The minimum Gasteiger partial charge on any atom is -0.454 e. The normalized spacial score (nSPS) is 12.7. The van der Waals surface area contributed by atoms with E-state index in [-0.39, 0.29) is 12.4 Å². The standard InChI is InChI=1S/C16H11IN2O3S/c17-10-2-3-12-11(6-10)15(20)19(16(23)18-12)7-9-1-4-13-14(5-9)22-8-21-13/h1-6H,7-8H2,(H,18,23). The van der Waals surface area contributed by atoms with Crippen LogP contribution in [-0.4, -0.2) is 16.3 Å². The molecule has 0 saturated carbocycles. The molecule has 4 rings (SSSR count). The SMILES string of the molecule is O=c1c2cc(I)ccc2[nH]c(=S)n1Cc1ccc2c(c1)OCO2. The second-order valence-corrected chi connectivity index (χ2v) is 6.83. The lowest BCUT2D eigenvalue weighted by molar-refractivity contribution is 0.174. The topological polar surface area (TPSA) is 56.2 Å². The molecule has 7 heteroatoms. The van der Waals surface area contributed by atoms with Crippen LogP contribution >= 0.6 is 34.8 Å². The molecule has 116 valence electrons. The van der Waals surface area contributed by atoms with Crippen LogP contribution < -0.4 is 15.0 Å². The molecule has 0 saturated heterocycles. The number of hydrogen-bond acceptors (Lipinski definition) is 4. The number of halogens is 1. The van der Waals surface area contributed by atoms with Gasteiger partial charge in [0.2, 0.25) is 6.79 Å². The van der Waals surface area contributed by atoms with Crippen LogP contribution in [0.4, 0.5) is 0 Å². The lowest BCUT2D eigenvalue weighted by Crippen LogP contribution is -2.22. The van der Waals surface area contributed by atoms with Gasteiger partial charge in [0, 0.05) is 3.57 Å². The predicted octanol–water partition coefficient (Wildman–Crippen LogP) is 3.44. The van der Waals surface area contributed by atoms with E-state index in [9.17, 15) is 4.79 Å². The summed E-state index contributed by atoms with van der Waals surface area (Å²) >= 11 is 7.54. The van der Waals surface area contributed by atoms with Gasteiger partial charge in [0.25, 0.3) is 5.56 Å². The lowest BCUT2D eigenvalue weighted by atomic mass is 10.2. The summed E-state index contributed by atoms with van der Waals surface area (Å²) in [5.41, 5.74) is 1.59. The molecule has 2 aromatic carbocycles. The highest BCUT2D eigenvalue weighted by Gasteiger charge is 2.14. The zero-order chi connectivity index (χ0) is 16.0. The Balaban J connectivity index is 1.83. The van der Waals surface area contributed by atoms with Crippen LogP contribution in [-0.2, 0) is 6.54 Å². The highest BCUT2D eigenvalue weighted by Crippen LogP contribution is 2.32. The third-order valence-corrected chi connectivity index (χ3v) is 4.72. The average Bonchev–Trinajstić information content (AvgIpc) is 3.00. The fourth-order valence-electron chi connectivity index (χ4n) is 2.59. The molecule has 1 N–H and O–H groups in total. The summed E-state index contributed by atoms with van der Waals surface area (Å²) in [6.07, 6.45) is 0. The third kappa shape index (κ3) is 2.63. The molecule has 2 heterocycles. The maximum absolute atomic E-state index is 12.8. The molecule has 0 unspecified atom stereocenters. The summed E-state index contributed by atoms with van der Waals surface area (Å²) in [6.45, 7) is 0.611. The Morgan fingerprint density at radius 1 is 1.17 bits per heavy atom. The van der Waals surface area contributed by atoms with Gasteiger partial charge in [0.05, 0.1) is 17.4 Å². The molecule has 1 aromatic heterocycles. The van der Waals surface area contributed by atoms with Gasteiger partial charge >= 0.3 is 0 Å². The molecular weight excluding hydrogens is 427 g/mol. The number of benzene rings is 2. The number of H-pyrrole nitrogens is 1. The van der Waals surface area contributed by atoms with Crippen LogP contribution in [0.1, 0.15) is 5.56 Å². The highest BCUT2D eigenvalue weighted by atomic mass is 127. The zero-order valence-corrected chi connectivity index (χ0v) is 14.8. The summed E-state index contributed by atoms with van der Waals surface area (Å²) in [4.78, 5) is 15.9. The van der Waals surface area contributed by atoms with Crippen LogP contribution in [0.25, 0.3) is 10.9 Å². The van der Waals surface area contributed by atoms with E-state index in [2.05, 4.69) is 27.6 Å². The summed E-state index contributed by atoms with van der Waals surface area (Å²) in [6, 6.07) is 11.3. The molecule has 0 bridgehead atoms. The second-order valence-electron chi connectivity index (χ2n) is 5.20. The predicted molar refractivity (Wildman–Crippen MR) is 97.8 cm³/mol. The molecule has 5 nitrogen and oxygen atoms in total. The van der Waals surface area contributed by atoms with Gasteiger partial charge in [0.1, 0.15) is 0 Å². The van der Waals surface area contributed by atoms with E-state index in [1.54, 1.807) is 4.57 Å². The van der Waals surface area contributed by atoms with E-state index in [4.69, 9.17) is 21.7 Å². The Kier molecular flexibility index (Phi) is 3.61. The van der Waals surface area contributed by atoms with Gasteiger partial charge in [-0.25, -0.2) is 0 Å². The van der Waals surface area contributed by atoms with E-state index in [0.717, 1.165) is 20.4 Å². The Morgan fingerprint density at radius 2 is 2.00 bits per heavy atom. The summed E-state index contributed by atoms with van der Waals surface area (Å²) < 4.78 is 13.7. The lowest BCUT2D eigenvalue weighted by Gasteiger charge is -2.09. The summed E-state index contributed by atoms with van der Waals surface area (Å²) in [5, 5.41) is 0.631. The van der Waals surface area contributed by atoms with Gasteiger partial charge < -0.3 is 14.5 Å². The van der Waals surface area contributed by atoms with E-state index in [0.29, 0.717) is 22.5 Å². The Bertz CT molecular complexity index is 1040. The van der Waals surface area contributed by atoms with E-state index < -0.39 is 0 Å². The minimum atomic E-state index is -0.0973. The molecule has 1 aliphatic heterocycles. The first-order chi connectivity index (χ1) is 11.1. The molecule has 0 fully saturated rings. The van der Waals surface area contributed by atoms with Crippen molar-refractivity contribution in [3.05, 3.63) is 60.7 Å². The van der Waals surface area contributed by atoms with Gasteiger partial charge in [-0.1, -0.05) is 6.07 Å². The van der Waals surface area contributed by atoms with Crippen LogP contribution in [0.5, 0.6) is 11.5 Å². The van der Waals surface area contributed by atoms with Crippen LogP contribution in [0.15, 0.2) is 41.2 Å². The number of nitrogens with one attached hydrogen (secondary N) is 1. The van der Waals surface area contributed by atoms with Crippen molar-refractivity contribution in [2.24, 2.45) is 0 Å². The molecule has 0 radical (unpaired) electrons. The second kappa shape index (κ2) is 5.64. The first-order valence-electron chi connectivity index (χ1n) is 6.93. The molecule has 0 aliphatic carbocycles. The van der Waals surface area contributed by atoms with Crippen molar-refractivity contribution in [1.82, 2.24) is 9.55 Å². The first-order valence-corrected chi connectivity index (χ1v) is 8.41. The fourth-order valence-corrected chi connectivity index (χ4v) is 3.34. The first kappa shape index (κ1) is 14.7. The van der Waals surface area contributed by atoms with E-state index in [1.807, 2.05) is 36.4 Å². The van der Waals surface area contributed by atoms with E-state index >= 15 is 0 Å². The number of ether oxygens (including phenoxy) is 2. The monoisotopic (exact) mass is 438 g/mol. The van der Waals surface area contributed by atoms with Crippen molar-refractivity contribution in [2.75, 3.05) is 6.79 Å². The molecule has 23 heavy (non-hydrogen) atoms. The van der Waals surface area contributed by atoms with Crippen LogP contribution in [0.3, 0.4) is 0 Å². The number of aromatic nitrogens is 2. The molecule has 0 atom stereocenters. The average molecular weight is 438 g/mol. The minimum absolute atomic E-state index is 0.0973. The van der Waals surface area contributed by atoms with Crippen molar-refractivity contribution in [2.45, 2.75) is 6.54 Å². The largest absolute Gasteiger partial charge is 0.454 e. The van der Waals surface area contributed by atoms with Crippen molar-refractivity contribution in [3.63, 3.8) is 0 Å². The van der Waals surface area contributed by atoms with Gasteiger partial charge in [-0.15, -0.1) is 0 Å². The smallest absolute Gasteiger partial charge is 0.262 e. The highest BCUT2D eigenvalue weighted by molar-refractivity contribution is 14.1. The fraction of sp³-hybridized carbons (Fsp3) is 0.125. The molecule has 3 aromatic rings. The van der Waals surface area contributed by atoms with Crippen LogP contribution in [0.2, 0.25) is 0 Å². The Hall–Kier alpha value is -1.87. The van der Waals surface area contributed by atoms with Crippen molar-refractivity contribution < 1.29 is 9.47 Å². The number of aromatic amines is 1. The summed E-state index contributed by atoms with van der Waals surface area (Å²) in [5.74, 6) is 1.42. The van der Waals surface area contributed by atoms with Crippen molar-refractivity contribution in [1.29, 1.82) is 0 Å². The molecule has 0 amide bonds.